The highest BCUT2D eigenvalue weighted by Crippen LogP contribution is 2.57. The van der Waals surface area contributed by atoms with Crippen molar-refractivity contribution in [1.29, 1.82) is 0 Å². The van der Waals surface area contributed by atoms with Crippen molar-refractivity contribution < 1.29 is 9.53 Å². The second kappa shape index (κ2) is 7.86. The first-order valence-corrected chi connectivity index (χ1v) is 14.7. The van der Waals surface area contributed by atoms with Crippen LogP contribution in [0.4, 0.5) is 0 Å². The van der Waals surface area contributed by atoms with E-state index in [1.165, 1.54) is 0 Å². The van der Waals surface area contributed by atoms with Crippen molar-refractivity contribution in [3.63, 3.8) is 0 Å². The van der Waals surface area contributed by atoms with Gasteiger partial charge in [-0.05, 0) is 12.0 Å². The Morgan fingerprint density at radius 3 is 1.48 bits per heavy atom. The molecule has 0 radical (unpaired) electrons. The Bertz CT molecular complexity index is 371. The van der Waals surface area contributed by atoms with Crippen molar-refractivity contribution >= 4 is 22.1 Å². The lowest BCUT2D eigenvalue weighted by Gasteiger charge is -2.55. The third-order valence-corrected chi connectivity index (χ3v) is 23.1. The number of carbonyl (C=O) groups excluding carboxylic acids is 1. The zero-order valence-corrected chi connectivity index (χ0v) is 19.8. The molecule has 0 aromatic carbocycles. The first-order chi connectivity index (χ1) is 10.2. The van der Waals surface area contributed by atoms with Crippen LogP contribution in [0.3, 0.4) is 0 Å². The molecule has 0 bridgehead atoms. The highest BCUT2D eigenvalue weighted by Gasteiger charge is 2.61. The lowest BCUT2D eigenvalue weighted by atomic mass is 10.2. The van der Waals surface area contributed by atoms with Crippen molar-refractivity contribution in [3.8, 4) is 0 Å². The number of hydrogen-bond acceptors (Lipinski definition) is 2. The largest absolute Gasteiger partial charge is 0.466 e. The van der Waals surface area contributed by atoms with Gasteiger partial charge in [0.25, 0.3) is 0 Å². The SMILES string of the molecule is CCOC(=O)C([Si](C(C)C)(C(C)C)C(C)C)[Si](C)(C)C(C)(C)C. The summed E-state index contributed by atoms with van der Waals surface area (Å²) in [5.41, 5.74) is 1.73. The predicted octanol–water partition coefficient (Wildman–Crippen LogP) is 6.65. The quantitative estimate of drug-likeness (QED) is 0.376. The first kappa shape index (κ1) is 22.9. The molecule has 0 heterocycles. The van der Waals surface area contributed by atoms with Crippen molar-refractivity contribution in [3.05, 3.63) is 0 Å². The molecule has 1 atom stereocenters. The van der Waals surface area contributed by atoms with Crippen LogP contribution < -0.4 is 0 Å². The van der Waals surface area contributed by atoms with E-state index in [0.717, 1.165) is 0 Å². The van der Waals surface area contributed by atoms with Gasteiger partial charge in [0, 0.05) is 5.16 Å². The summed E-state index contributed by atoms with van der Waals surface area (Å²) < 4.78 is 5.67. The highest BCUT2D eigenvalue weighted by atomic mass is 28.4. The van der Waals surface area contributed by atoms with Crippen LogP contribution in [0.2, 0.25) is 39.9 Å². The monoisotopic (exact) mass is 358 g/mol. The van der Waals surface area contributed by atoms with E-state index in [1.54, 1.807) is 0 Å². The Morgan fingerprint density at radius 1 is 0.913 bits per heavy atom. The Balaban J connectivity index is 6.57. The van der Waals surface area contributed by atoms with Gasteiger partial charge in [0.15, 0.2) is 0 Å². The summed E-state index contributed by atoms with van der Waals surface area (Å²) in [6.45, 7) is 28.4. The molecular formula is C19H42O2Si2. The molecule has 0 saturated carbocycles. The minimum atomic E-state index is -1.92. The molecule has 0 fully saturated rings. The lowest BCUT2D eigenvalue weighted by Crippen LogP contribution is -2.62. The molecule has 1 unspecified atom stereocenters. The highest BCUT2D eigenvalue weighted by molar-refractivity contribution is 7.04. The number of rotatable bonds is 7. The van der Waals surface area contributed by atoms with E-state index < -0.39 is 16.1 Å². The zero-order valence-electron chi connectivity index (χ0n) is 17.8. The molecule has 0 aliphatic carbocycles. The summed E-state index contributed by atoms with van der Waals surface area (Å²) in [7, 11) is -3.79. The van der Waals surface area contributed by atoms with E-state index in [-0.39, 0.29) is 16.2 Å². The predicted molar refractivity (Wildman–Crippen MR) is 109 cm³/mol. The number of hydrogen-bond donors (Lipinski definition) is 0. The Morgan fingerprint density at radius 2 is 1.26 bits per heavy atom. The van der Waals surface area contributed by atoms with Gasteiger partial charge in [-0.2, -0.15) is 0 Å². The summed E-state index contributed by atoms with van der Waals surface area (Å²) in [6.07, 6.45) is 0. The van der Waals surface area contributed by atoms with Crippen LogP contribution in [0.15, 0.2) is 0 Å². The molecule has 2 nitrogen and oxygen atoms in total. The summed E-state index contributed by atoms with van der Waals surface area (Å²) in [5.74, 6) is 0.0989. The van der Waals surface area contributed by atoms with Gasteiger partial charge in [0.1, 0.15) is 0 Å². The third kappa shape index (κ3) is 4.12. The van der Waals surface area contributed by atoms with E-state index in [2.05, 4.69) is 75.4 Å². The van der Waals surface area contributed by atoms with Gasteiger partial charge in [-0.15, -0.1) is 0 Å². The van der Waals surface area contributed by atoms with E-state index in [1.807, 2.05) is 6.92 Å². The molecule has 138 valence electrons. The van der Waals surface area contributed by atoms with Gasteiger partial charge in [-0.1, -0.05) is 92.0 Å². The van der Waals surface area contributed by atoms with Crippen LogP contribution >= 0.6 is 0 Å². The topological polar surface area (TPSA) is 26.3 Å². The minimum absolute atomic E-state index is 0.0989. The van der Waals surface area contributed by atoms with Crippen molar-refractivity contribution in [1.82, 2.24) is 0 Å². The van der Waals surface area contributed by atoms with Crippen LogP contribution in [0.5, 0.6) is 0 Å². The van der Waals surface area contributed by atoms with Gasteiger partial charge in [0.2, 0.25) is 0 Å². The van der Waals surface area contributed by atoms with Crippen molar-refractivity contribution in [2.75, 3.05) is 6.61 Å². The molecule has 0 rings (SSSR count). The standard InChI is InChI=1S/C19H42O2Si2/c1-13-21-17(20)18(22(11,12)19(8,9)10)23(14(2)3,15(4)5)16(6)7/h14-16,18H,13H2,1-12H3. The molecule has 23 heavy (non-hydrogen) atoms. The fourth-order valence-electron chi connectivity index (χ4n) is 4.78. The van der Waals surface area contributed by atoms with Crippen molar-refractivity contribution in [2.24, 2.45) is 0 Å². The van der Waals surface area contributed by atoms with Gasteiger partial charge in [0.05, 0.1) is 22.8 Å². The number of carbonyl (C=O) groups is 1. The van der Waals surface area contributed by atoms with Gasteiger partial charge in [-0.3, -0.25) is 4.79 Å². The van der Waals surface area contributed by atoms with Crippen LogP contribution in [0, 0.1) is 0 Å². The summed E-state index contributed by atoms with van der Waals surface area (Å²) in [6, 6.07) is 0. The van der Waals surface area contributed by atoms with Crippen LogP contribution in [0.1, 0.15) is 69.2 Å². The summed E-state index contributed by atoms with van der Waals surface area (Å²) >= 11 is 0. The Kier molecular flexibility index (Phi) is 7.82. The van der Waals surface area contributed by atoms with Gasteiger partial charge in [-0.25, -0.2) is 0 Å². The molecule has 0 aliphatic heterocycles. The molecule has 0 aliphatic rings. The molecule has 4 heteroatoms. The van der Waals surface area contributed by atoms with E-state index in [0.29, 0.717) is 23.2 Å². The van der Waals surface area contributed by atoms with Crippen LogP contribution in [-0.2, 0) is 9.53 Å². The fourth-order valence-corrected chi connectivity index (χ4v) is 22.1. The molecule has 0 saturated heterocycles. The minimum Gasteiger partial charge on any atom is -0.466 e. The average Bonchev–Trinajstić information content (AvgIpc) is 2.32. The van der Waals surface area contributed by atoms with Crippen LogP contribution in [0.25, 0.3) is 0 Å². The summed E-state index contributed by atoms with van der Waals surface area (Å²) in [4.78, 5) is 13.2. The average molecular weight is 359 g/mol. The second-order valence-corrected chi connectivity index (χ2v) is 21.8. The second-order valence-electron chi connectivity index (χ2n) is 9.62. The van der Waals surface area contributed by atoms with E-state index >= 15 is 0 Å². The molecule has 0 amide bonds. The van der Waals surface area contributed by atoms with Crippen molar-refractivity contribution in [2.45, 2.75) is 109 Å². The summed E-state index contributed by atoms with van der Waals surface area (Å²) in [5, 5.41) is 0.330. The Hall–Kier alpha value is -0.0962. The maximum Gasteiger partial charge on any atom is 0.303 e. The molecule has 0 aromatic rings. The molecular weight excluding hydrogens is 316 g/mol. The third-order valence-electron chi connectivity index (χ3n) is 6.68. The van der Waals surface area contributed by atoms with Gasteiger partial charge >= 0.3 is 5.97 Å². The fraction of sp³-hybridized carbons (Fsp3) is 0.947. The number of esters is 1. The Labute approximate surface area is 147 Å². The first-order valence-electron chi connectivity index (χ1n) is 9.35. The maximum atomic E-state index is 13.2. The zero-order chi connectivity index (χ0) is 18.8. The van der Waals surface area contributed by atoms with E-state index in [9.17, 15) is 4.79 Å². The van der Waals surface area contributed by atoms with Crippen LogP contribution in [-0.4, -0.2) is 28.7 Å². The smallest absolute Gasteiger partial charge is 0.303 e. The molecule has 0 N–H and O–H groups in total. The molecule has 0 spiro atoms. The lowest BCUT2D eigenvalue weighted by molar-refractivity contribution is -0.141. The normalized spacial score (nSPS) is 15.4. The van der Waals surface area contributed by atoms with E-state index in [4.69, 9.17) is 4.74 Å². The molecule has 0 aromatic heterocycles. The number of ether oxygens (including phenoxy) is 1. The maximum absolute atomic E-state index is 13.2. The van der Waals surface area contributed by atoms with Gasteiger partial charge < -0.3 is 4.74 Å².